The molecule has 0 atom stereocenters. The number of piperidine rings is 1. The standard InChI is InChI=1S/C22H24BrN3O3/c1-14-6-7-15(12-20(14)29-2)24-22(28)25-10-8-16(9-11-25)26-13-18-17(21(26)27)4-3-5-19(18)23/h3-7,12,16H,8-11,13H2,1-2H3,(H,24,28). The van der Waals surface area contributed by atoms with Crippen LogP contribution in [0, 0.1) is 6.92 Å². The molecule has 1 saturated heterocycles. The maximum Gasteiger partial charge on any atom is 0.321 e. The molecule has 1 fully saturated rings. The summed E-state index contributed by atoms with van der Waals surface area (Å²) in [5.41, 5.74) is 3.59. The maximum atomic E-state index is 12.8. The number of hydrogen-bond acceptors (Lipinski definition) is 3. The third kappa shape index (κ3) is 3.83. The summed E-state index contributed by atoms with van der Waals surface area (Å²) in [5.74, 6) is 0.843. The van der Waals surface area contributed by atoms with Crippen LogP contribution in [0.4, 0.5) is 10.5 Å². The lowest BCUT2D eigenvalue weighted by atomic mass is 10.0. The number of methoxy groups -OCH3 is 1. The average Bonchev–Trinajstić information content (AvgIpc) is 3.07. The number of ether oxygens (including phenoxy) is 1. The lowest BCUT2D eigenvalue weighted by Crippen LogP contribution is -2.48. The van der Waals surface area contributed by atoms with E-state index in [4.69, 9.17) is 4.74 Å². The number of carbonyl (C=O) groups excluding carboxylic acids is 2. The van der Waals surface area contributed by atoms with Crippen molar-refractivity contribution < 1.29 is 14.3 Å². The fourth-order valence-electron chi connectivity index (χ4n) is 4.09. The fraction of sp³-hybridized carbons (Fsp3) is 0.364. The van der Waals surface area contributed by atoms with Gasteiger partial charge >= 0.3 is 6.03 Å². The summed E-state index contributed by atoms with van der Waals surface area (Å²) in [6, 6.07) is 11.4. The van der Waals surface area contributed by atoms with Crippen molar-refractivity contribution in [2.45, 2.75) is 32.4 Å². The molecule has 4 rings (SSSR count). The fourth-order valence-corrected chi connectivity index (χ4v) is 4.58. The van der Waals surface area contributed by atoms with Gasteiger partial charge in [-0.15, -0.1) is 0 Å². The van der Waals surface area contributed by atoms with Crippen LogP contribution < -0.4 is 10.1 Å². The average molecular weight is 458 g/mol. The third-order valence-electron chi connectivity index (χ3n) is 5.79. The number of rotatable bonds is 3. The number of nitrogens with zero attached hydrogens (tertiary/aromatic N) is 2. The first-order valence-electron chi connectivity index (χ1n) is 9.77. The van der Waals surface area contributed by atoms with Gasteiger partial charge in [0.05, 0.1) is 7.11 Å². The van der Waals surface area contributed by atoms with Gasteiger partial charge in [0.1, 0.15) is 5.75 Å². The van der Waals surface area contributed by atoms with Gasteiger partial charge in [-0.1, -0.05) is 28.1 Å². The molecule has 0 aliphatic carbocycles. The smallest absolute Gasteiger partial charge is 0.321 e. The summed E-state index contributed by atoms with van der Waals surface area (Å²) < 4.78 is 6.31. The Morgan fingerprint density at radius 2 is 1.97 bits per heavy atom. The largest absolute Gasteiger partial charge is 0.496 e. The Hall–Kier alpha value is -2.54. The normalized spacial score (nSPS) is 16.7. The van der Waals surface area contributed by atoms with Crippen molar-refractivity contribution in [2.24, 2.45) is 0 Å². The number of halogens is 1. The molecule has 0 spiro atoms. The lowest BCUT2D eigenvalue weighted by Gasteiger charge is -2.36. The topological polar surface area (TPSA) is 61.9 Å². The van der Waals surface area contributed by atoms with Crippen LogP contribution in [0.15, 0.2) is 40.9 Å². The number of urea groups is 1. The van der Waals surface area contributed by atoms with Gasteiger partial charge in [0.15, 0.2) is 0 Å². The Labute approximate surface area is 178 Å². The van der Waals surface area contributed by atoms with Crippen LogP contribution in [-0.4, -0.2) is 48.0 Å². The number of fused-ring (bicyclic) bond motifs is 1. The van der Waals surface area contributed by atoms with Crippen LogP contribution in [0.2, 0.25) is 0 Å². The number of aryl methyl sites for hydroxylation is 1. The van der Waals surface area contributed by atoms with Gasteiger partial charge in [0, 0.05) is 47.5 Å². The van der Waals surface area contributed by atoms with E-state index in [-0.39, 0.29) is 18.0 Å². The molecule has 0 aromatic heterocycles. The van der Waals surface area contributed by atoms with Crippen molar-refractivity contribution in [1.29, 1.82) is 0 Å². The molecule has 0 radical (unpaired) electrons. The number of anilines is 1. The number of amides is 3. The van der Waals surface area contributed by atoms with Crippen molar-refractivity contribution >= 4 is 33.6 Å². The van der Waals surface area contributed by atoms with Gasteiger partial charge in [-0.2, -0.15) is 0 Å². The van der Waals surface area contributed by atoms with Gasteiger partial charge in [-0.25, -0.2) is 4.79 Å². The molecule has 2 aromatic rings. The molecule has 152 valence electrons. The van der Waals surface area contributed by atoms with Gasteiger partial charge < -0.3 is 19.9 Å². The molecule has 0 bridgehead atoms. The van der Waals surface area contributed by atoms with Gasteiger partial charge in [0.2, 0.25) is 0 Å². The minimum Gasteiger partial charge on any atom is -0.496 e. The molecular formula is C22H24BrN3O3. The molecule has 7 heteroatoms. The molecule has 0 saturated carbocycles. The molecule has 29 heavy (non-hydrogen) atoms. The molecule has 1 N–H and O–H groups in total. The van der Waals surface area contributed by atoms with Crippen LogP contribution in [0.3, 0.4) is 0 Å². The van der Waals surface area contributed by atoms with E-state index in [2.05, 4.69) is 21.2 Å². The quantitative estimate of drug-likeness (QED) is 0.741. The van der Waals surface area contributed by atoms with Crippen molar-refractivity contribution in [3.05, 3.63) is 57.6 Å². The van der Waals surface area contributed by atoms with Crippen molar-refractivity contribution in [3.63, 3.8) is 0 Å². The molecule has 2 aliphatic rings. The summed E-state index contributed by atoms with van der Waals surface area (Å²) >= 11 is 3.55. The third-order valence-corrected chi connectivity index (χ3v) is 6.53. The lowest BCUT2D eigenvalue weighted by molar-refractivity contribution is 0.0626. The summed E-state index contributed by atoms with van der Waals surface area (Å²) in [4.78, 5) is 29.2. The molecule has 2 aliphatic heterocycles. The predicted molar refractivity (Wildman–Crippen MR) is 115 cm³/mol. The SMILES string of the molecule is COc1cc(NC(=O)N2CCC(N3Cc4c(Br)cccc4C3=O)CC2)ccc1C. The molecular weight excluding hydrogens is 434 g/mol. The van der Waals surface area contributed by atoms with E-state index >= 15 is 0 Å². The van der Waals surface area contributed by atoms with E-state index in [1.165, 1.54) is 0 Å². The number of benzene rings is 2. The number of carbonyl (C=O) groups is 2. The van der Waals surface area contributed by atoms with E-state index in [9.17, 15) is 9.59 Å². The highest BCUT2D eigenvalue weighted by molar-refractivity contribution is 9.10. The number of hydrogen-bond donors (Lipinski definition) is 1. The van der Waals surface area contributed by atoms with Crippen molar-refractivity contribution in [2.75, 3.05) is 25.5 Å². The second kappa shape index (κ2) is 8.06. The first-order chi connectivity index (χ1) is 14.0. The summed E-state index contributed by atoms with van der Waals surface area (Å²) in [6.07, 6.45) is 1.56. The maximum absolute atomic E-state index is 12.8. The van der Waals surface area contributed by atoms with E-state index in [0.29, 0.717) is 19.6 Å². The van der Waals surface area contributed by atoms with Crippen LogP contribution in [0.25, 0.3) is 0 Å². The second-order valence-electron chi connectivity index (χ2n) is 7.53. The van der Waals surface area contributed by atoms with Crippen LogP contribution in [0.1, 0.15) is 34.3 Å². The highest BCUT2D eigenvalue weighted by Crippen LogP contribution is 2.33. The van der Waals surface area contributed by atoms with E-state index in [0.717, 1.165) is 45.4 Å². The van der Waals surface area contributed by atoms with Crippen LogP contribution in [-0.2, 0) is 6.54 Å². The van der Waals surface area contributed by atoms with Crippen LogP contribution >= 0.6 is 15.9 Å². The van der Waals surface area contributed by atoms with E-state index in [1.54, 1.807) is 7.11 Å². The second-order valence-corrected chi connectivity index (χ2v) is 8.39. The zero-order valence-corrected chi connectivity index (χ0v) is 18.2. The van der Waals surface area contributed by atoms with Crippen molar-refractivity contribution in [1.82, 2.24) is 9.80 Å². The molecule has 0 unspecified atom stereocenters. The zero-order valence-electron chi connectivity index (χ0n) is 16.6. The van der Waals surface area contributed by atoms with E-state index < -0.39 is 0 Å². The minimum absolute atomic E-state index is 0.0935. The monoisotopic (exact) mass is 457 g/mol. The first kappa shape index (κ1) is 19.8. The Morgan fingerprint density at radius 1 is 1.21 bits per heavy atom. The highest BCUT2D eigenvalue weighted by atomic mass is 79.9. The highest BCUT2D eigenvalue weighted by Gasteiger charge is 2.36. The van der Waals surface area contributed by atoms with E-state index in [1.807, 2.05) is 53.1 Å². The van der Waals surface area contributed by atoms with Gasteiger partial charge in [0.25, 0.3) is 5.91 Å². The van der Waals surface area contributed by atoms with Gasteiger partial charge in [-0.3, -0.25) is 4.79 Å². The molecule has 6 nitrogen and oxygen atoms in total. The number of likely N-dealkylation sites (tertiary alicyclic amines) is 1. The van der Waals surface area contributed by atoms with Crippen molar-refractivity contribution in [3.8, 4) is 5.75 Å². The van der Waals surface area contributed by atoms with Gasteiger partial charge in [-0.05, 0) is 49.1 Å². The summed E-state index contributed by atoms with van der Waals surface area (Å²) in [7, 11) is 1.62. The molecule has 3 amide bonds. The zero-order chi connectivity index (χ0) is 20.5. The summed E-state index contributed by atoms with van der Waals surface area (Å²) in [5, 5.41) is 2.95. The molecule has 2 heterocycles. The molecule has 2 aromatic carbocycles. The Morgan fingerprint density at radius 3 is 2.66 bits per heavy atom. The summed E-state index contributed by atoms with van der Waals surface area (Å²) in [6.45, 7) is 3.85. The first-order valence-corrected chi connectivity index (χ1v) is 10.6. The predicted octanol–water partition coefficient (Wildman–Crippen LogP) is 4.42. The Bertz CT molecular complexity index is 954. The Kier molecular flexibility index (Phi) is 5.50. The minimum atomic E-state index is -0.117. The van der Waals surface area contributed by atoms with Crippen LogP contribution in [0.5, 0.6) is 5.75 Å². The number of nitrogens with one attached hydrogen (secondary N) is 1. The Balaban J connectivity index is 1.36.